The Morgan fingerprint density at radius 1 is 1.00 bits per heavy atom. The summed E-state index contributed by atoms with van der Waals surface area (Å²) in [7, 11) is 2.28. The molecule has 0 radical (unpaired) electrons. The molecular weight excluding hydrogens is 246 g/mol. The molecule has 0 aliphatic carbocycles. The molecule has 0 atom stereocenters. The van der Waals surface area contributed by atoms with E-state index < -0.39 is 8.80 Å². The van der Waals surface area contributed by atoms with Crippen molar-refractivity contribution in [3.63, 3.8) is 0 Å². The van der Waals surface area contributed by atoms with Crippen LogP contribution in [0.1, 0.15) is 5.56 Å². The third-order valence-electron chi connectivity index (χ3n) is 3.08. The number of hydrogen-bond acceptors (Lipinski definition) is 4. The minimum atomic E-state index is -2.60. The van der Waals surface area contributed by atoms with Gasteiger partial charge in [0.1, 0.15) is 0 Å². The van der Waals surface area contributed by atoms with E-state index >= 15 is 0 Å². The lowest BCUT2D eigenvalue weighted by Gasteiger charge is -2.24. The highest BCUT2D eigenvalue weighted by Gasteiger charge is 2.38. The highest BCUT2D eigenvalue weighted by atomic mass is 28.4. The lowest BCUT2D eigenvalue weighted by molar-refractivity contribution is 0.123. The molecule has 0 saturated heterocycles. The zero-order chi connectivity index (χ0) is 13.0. The summed E-state index contributed by atoms with van der Waals surface area (Å²) < 4.78 is 16.4. The van der Waals surface area contributed by atoms with E-state index in [4.69, 9.17) is 13.3 Å². The summed E-state index contributed by atoms with van der Waals surface area (Å²) in [6.45, 7) is 0. The van der Waals surface area contributed by atoms with Crippen LogP contribution in [0.2, 0.25) is 0 Å². The van der Waals surface area contributed by atoms with E-state index in [0.29, 0.717) is 6.04 Å². The molecule has 0 unspecified atom stereocenters. The Morgan fingerprint density at radius 2 is 1.72 bits per heavy atom. The van der Waals surface area contributed by atoms with Crippen molar-refractivity contribution in [3.05, 3.63) is 42.1 Å². The summed E-state index contributed by atoms with van der Waals surface area (Å²) in [5, 5.41) is 1.11. The first-order chi connectivity index (χ1) is 8.74. The second-order valence-corrected chi connectivity index (χ2v) is 6.90. The van der Waals surface area contributed by atoms with Gasteiger partial charge in [-0.25, -0.2) is 0 Å². The molecule has 1 aromatic heterocycles. The van der Waals surface area contributed by atoms with Gasteiger partial charge in [-0.05, 0) is 17.7 Å². The van der Waals surface area contributed by atoms with Crippen molar-refractivity contribution in [1.82, 2.24) is 4.98 Å². The van der Waals surface area contributed by atoms with Crippen molar-refractivity contribution >= 4 is 19.7 Å². The predicted molar refractivity (Wildman–Crippen MR) is 72.2 cm³/mol. The number of rotatable bonds is 5. The van der Waals surface area contributed by atoms with E-state index in [9.17, 15) is 0 Å². The van der Waals surface area contributed by atoms with E-state index in [1.54, 1.807) is 27.5 Å². The van der Waals surface area contributed by atoms with Crippen molar-refractivity contribution in [2.75, 3.05) is 21.3 Å². The van der Waals surface area contributed by atoms with E-state index in [1.807, 2.05) is 18.2 Å². The van der Waals surface area contributed by atoms with Gasteiger partial charge in [-0.3, -0.25) is 4.98 Å². The third-order valence-corrected chi connectivity index (χ3v) is 5.76. The molecule has 0 N–H and O–H groups in total. The van der Waals surface area contributed by atoms with Gasteiger partial charge in [-0.15, -0.1) is 0 Å². The molecule has 2 rings (SSSR count). The zero-order valence-electron chi connectivity index (χ0n) is 10.8. The van der Waals surface area contributed by atoms with Gasteiger partial charge < -0.3 is 13.3 Å². The van der Waals surface area contributed by atoms with Gasteiger partial charge in [0.05, 0.1) is 5.52 Å². The first-order valence-electron chi connectivity index (χ1n) is 5.73. The Balaban J connectivity index is 2.42. The summed E-state index contributed by atoms with van der Waals surface area (Å²) in [5.74, 6) is 0. The maximum Gasteiger partial charge on any atom is 0.504 e. The maximum absolute atomic E-state index is 5.46. The summed E-state index contributed by atoms with van der Waals surface area (Å²) in [6, 6.07) is 10.7. The molecule has 1 heterocycles. The largest absolute Gasteiger partial charge is 0.504 e. The van der Waals surface area contributed by atoms with E-state index in [1.165, 1.54) is 0 Å². The SMILES string of the molecule is CO[Si](Cc1cccc2ncccc12)(OC)OC. The molecule has 2 aromatic rings. The maximum atomic E-state index is 5.46. The average Bonchev–Trinajstić information content (AvgIpc) is 2.45. The number of nitrogens with zero attached hydrogens (tertiary/aromatic N) is 1. The van der Waals surface area contributed by atoms with Crippen LogP contribution in [0, 0.1) is 0 Å². The fraction of sp³-hybridized carbons (Fsp3) is 0.308. The molecule has 0 bridgehead atoms. The van der Waals surface area contributed by atoms with Crippen molar-refractivity contribution in [2.45, 2.75) is 6.04 Å². The Kier molecular flexibility index (Phi) is 4.08. The van der Waals surface area contributed by atoms with Crippen LogP contribution in [0.4, 0.5) is 0 Å². The molecule has 0 fully saturated rings. The first-order valence-corrected chi connectivity index (χ1v) is 7.66. The van der Waals surface area contributed by atoms with Gasteiger partial charge in [-0.1, -0.05) is 18.2 Å². The van der Waals surface area contributed by atoms with Crippen LogP contribution >= 0.6 is 0 Å². The quantitative estimate of drug-likeness (QED) is 0.775. The first kappa shape index (κ1) is 13.2. The van der Waals surface area contributed by atoms with Gasteiger partial charge in [0, 0.05) is 39.0 Å². The molecule has 0 saturated carbocycles. The second-order valence-electron chi connectivity index (χ2n) is 3.96. The molecule has 96 valence electrons. The van der Waals surface area contributed by atoms with E-state index in [0.717, 1.165) is 16.5 Å². The minimum Gasteiger partial charge on any atom is -0.377 e. The van der Waals surface area contributed by atoms with Crippen LogP contribution in [0.25, 0.3) is 10.9 Å². The summed E-state index contributed by atoms with van der Waals surface area (Å²) in [4.78, 5) is 4.34. The van der Waals surface area contributed by atoms with E-state index in [2.05, 4.69) is 17.1 Å². The zero-order valence-corrected chi connectivity index (χ0v) is 11.8. The van der Waals surface area contributed by atoms with Crippen LogP contribution in [-0.4, -0.2) is 35.1 Å². The van der Waals surface area contributed by atoms with Crippen LogP contribution in [0.3, 0.4) is 0 Å². The minimum absolute atomic E-state index is 0.638. The van der Waals surface area contributed by atoms with E-state index in [-0.39, 0.29) is 0 Å². The van der Waals surface area contributed by atoms with Crippen molar-refractivity contribution in [1.29, 1.82) is 0 Å². The smallest absolute Gasteiger partial charge is 0.377 e. The van der Waals surface area contributed by atoms with Crippen LogP contribution < -0.4 is 0 Å². The molecule has 5 heteroatoms. The van der Waals surface area contributed by atoms with Crippen molar-refractivity contribution in [3.8, 4) is 0 Å². The Bertz CT molecular complexity index is 515. The Labute approximate surface area is 108 Å². The number of fused-ring (bicyclic) bond motifs is 1. The van der Waals surface area contributed by atoms with Gasteiger partial charge in [0.2, 0.25) is 0 Å². The predicted octanol–water partition coefficient (Wildman–Crippen LogP) is 2.19. The molecule has 18 heavy (non-hydrogen) atoms. The topological polar surface area (TPSA) is 40.6 Å². The molecule has 0 aliphatic heterocycles. The number of pyridine rings is 1. The summed E-state index contributed by atoms with van der Waals surface area (Å²) in [5.41, 5.74) is 2.11. The third kappa shape index (κ3) is 2.44. The Hall–Kier alpha value is -1.27. The molecule has 1 aromatic carbocycles. The van der Waals surface area contributed by atoms with Crippen LogP contribution in [-0.2, 0) is 19.3 Å². The highest BCUT2D eigenvalue weighted by Crippen LogP contribution is 2.21. The molecule has 0 amide bonds. The summed E-state index contributed by atoms with van der Waals surface area (Å²) >= 11 is 0. The van der Waals surface area contributed by atoms with Crippen molar-refractivity contribution in [2.24, 2.45) is 0 Å². The van der Waals surface area contributed by atoms with Gasteiger partial charge in [0.25, 0.3) is 0 Å². The number of benzene rings is 1. The van der Waals surface area contributed by atoms with Gasteiger partial charge in [0.15, 0.2) is 0 Å². The monoisotopic (exact) mass is 263 g/mol. The molecular formula is C13H17NO3Si. The highest BCUT2D eigenvalue weighted by molar-refractivity contribution is 6.60. The van der Waals surface area contributed by atoms with Crippen LogP contribution in [0.15, 0.2) is 36.5 Å². The van der Waals surface area contributed by atoms with Gasteiger partial charge in [-0.2, -0.15) is 0 Å². The number of hydrogen-bond donors (Lipinski definition) is 0. The van der Waals surface area contributed by atoms with Crippen LogP contribution in [0.5, 0.6) is 0 Å². The fourth-order valence-corrected chi connectivity index (χ4v) is 3.73. The average molecular weight is 263 g/mol. The summed E-state index contributed by atoms with van der Waals surface area (Å²) in [6.07, 6.45) is 1.79. The standard InChI is InChI=1S/C13H17NO3Si/c1-15-18(16-2,17-3)10-11-6-4-8-13-12(11)7-5-9-14-13/h4-9H,10H2,1-3H3. The lowest BCUT2D eigenvalue weighted by Crippen LogP contribution is -2.45. The molecule has 4 nitrogen and oxygen atoms in total. The fourth-order valence-electron chi connectivity index (χ4n) is 2.02. The Morgan fingerprint density at radius 3 is 2.39 bits per heavy atom. The lowest BCUT2D eigenvalue weighted by atomic mass is 10.1. The van der Waals surface area contributed by atoms with Crippen molar-refractivity contribution < 1.29 is 13.3 Å². The normalized spacial score (nSPS) is 11.9. The molecule has 0 aliphatic rings. The molecule has 0 spiro atoms. The second kappa shape index (κ2) is 5.58. The number of aromatic nitrogens is 1. The van der Waals surface area contributed by atoms with Gasteiger partial charge >= 0.3 is 8.80 Å².